The fourth-order valence-electron chi connectivity index (χ4n) is 2.70. The average molecular weight is 365 g/mol. The highest BCUT2D eigenvalue weighted by Gasteiger charge is 2.35. The maximum Gasteiger partial charge on any atom is 0.313 e. The maximum atomic E-state index is 11.9. The lowest BCUT2D eigenvalue weighted by atomic mass is 9.85. The molecule has 1 atom stereocenters. The van der Waals surface area contributed by atoms with Gasteiger partial charge >= 0.3 is 5.97 Å². The standard InChI is InChI=1S/C17H27N5O4/c1-5-12(14(23)18-4)20-16-19-10-11(17(2,3)15(24)25)13(21-16)22-6-8-26-9-7-22/h10,12H,5-9H2,1-4H3,(H,18,23)(H,24,25)(H,19,20,21)/t12-/m1/s1. The Morgan fingerprint density at radius 3 is 2.58 bits per heavy atom. The van der Waals surface area contributed by atoms with Crippen LogP contribution in [-0.2, 0) is 19.7 Å². The molecule has 1 fully saturated rings. The van der Waals surface area contributed by atoms with Crippen molar-refractivity contribution in [2.24, 2.45) is 0 Å². The van der Waals surface area contributed by atoms with Crippen LogP contribution in [0.15, 0.2) is 6.20 Å². The summed E-state index contributed by atoms with van der Waals surface area (Å²) in [4.78, 5) is 34.5. The van der Waals surface area contributed by atoms with Crippen LogP contribution in [-0.4, -0.2) is 66.3 Å². The number of carbonyl (C=O) groups is 2. The molecule has 3 N–H and O–H groups in total. The molecule has 144 valence electrons. The second kappa shape index (κ2) is 8.31. The van der Waals surface area contributed by atoms with Crippen LogP contribution in [0.4, 0.5) is 11.8 Å². The minimum atomic E-state index is -1.14. The zero-order valence-electron chi connectivity index (χ0n) is 15.7. The van der Waals surface area contributed by atoms with Crippen LogP contribution in [0.2, 0.25) is 0 Å². The SMILES string of the molecule is CC[C@@H](Nc1ncc(C(C)(C)C(=O)O)c(N2CCOCC2)n1)C(=O)NC. The number of carboxylic acid groups (broad SMARTS) is 1. The summed E-state index contributed by atoms with van der Waals surface area (Å²) in [7, 11) is 1.57. The lowest BCUT2D eigenvalue weighted by Crippen LogP contribution is -2.41. The first kappa shape index (κ1) is 19.9. The van der Waals surface area contributed by atoms with E-state index in [0.29, 0.717) is 50.1 Å². The number of nitrogens with zero attached hydrogens (tertiary/aromatic N) is 3. The van der Waals surface area contributed by atoms with Gasteiger partial charge in [0, 0.05) is 31.9 Å². The predicted molar refractivity (Wildman–Crippen MR) is 97.5 cm³/mol. The molecule has 1 saturated heterocycles. The van der Waals surface area contributed by atoms with E-state index in [-0.39, 0.29) is 5.91 Å². The van der Waals surface area contributed by atoms with Gasteiger partial charge < -0.3 is 25.4 Å². The van der Waals surface area contributed by atoms with Gasteiger partial charge in [0.05, 0.1) is 18.6 Å². The molecule has 0 radical (unpaired) electrons. The molecule has 0 spiro atoms. The Labute approximate surface area is 153 Å². The molecule has 9 heteroatoms. The molecular formula is C17H27N5O4. The summed E-state index contributed by atoms with van der Waals surface area (Å²) >= 11 is 0. The van der Waals surface area contributed by atoms with E-state index < -0.39 is 17.4 Å². The fraction of sp³-hybridized carbons (Fsp3) is 0.647. The van der Waals surface area contributed by atoms with Gasteiger partial charge in [0.25, 0.3) is 0 Å². The molecule has 26 heavy (non-hydrogen) atoms. The van der Waals surface area contributed by atoms with E-state index >= 15 is 0 Å². The molecule has 1 amide bonds. The van der Waals surface area contributed by atoms with Crippen molar-refractivity contribution in [1.29, 1.82) is 0 Å². The van der Waals surface area contributed by atoms with Crippen LogP contribution >= 0.6 is 0 Å². The maximum absolute atomic E-state index is 11.9. The summed E-state index contributed by atoms with van der Waals surface area (Å²) in [6.07, 6.45) is 2.10. The number of ether oxygens (including phenoxy) is 1. The highest BCUT2D eigenvalue weighted by molar-refractivity contribution is 5.84. The van der Waals surface area contributed by atoms with E-state index in [1.165, 1.54) is 6.20 Å². The summed E-state index contributed by atoms with van der Waals surface area (Å²) in [5.41, 5.74) is -0.609. The van der Waals surface area contributed by atoms with Crippen molar-refractivity contribution in [2.75, 3.05) is 43.6 Å². The van der Waals surface area contributed by atoms with Crippen molar-refractivity contribution in [3.05, 3.63) is 11.8 Å². The first-order valence-corrected chi connectivity index (χ1v) is 8.73. The Balaban J connectivity index is 2.41. The number of hydrogen-bond acceptors (Lipinski definition) is 7. The van der Waals surface area contributed by atoms with Gasteiger partial charge in [-0.05, 0) is 20.3 Å². The van der Waals surface area contributed by atoms with Crippen LogP contribution in [0.3, 0.4) is 0 Å². The number of aliphatic carboxylic acids is 1. The van der Waals surface area contributed by atoms with Crippen LogP contribution in [0.1, 0.15) is 32.8 Å². The van der Waals surface area contributed by atoms with Gasteiger partial charge in [-0.15, -0.1) is 0 Å². The molecule has 1 aromatic heterocycles. The van der Waals surface area contributed by atoms with E-state index in [1.54, 1.807) is 20.9 Å². The third-order valence-corrected chi connectivity index (χ3v) is 4.56. The van der Waals surface area contributed by atoms with Gasteiger partial charge in [0.1, 0.15) is 11.9 Å². The van der Waals surface area contributed by atoms with Crippen molar-refractivity contribution in [1.82, 2.24) is 15.3 Å². The molecule has 0 aromatic carbocycles. The smallest absolute Gasteiger partial charge is 0.313 e. The Hall–Kier alpha value is -2.42. The van der Waals surface area contributed by atoms with E-state index in [1.807, 2.05) is 11.8 Å². The number of hydrogen-bond donors (Lipinski definition) is 3. The highest BCUT2D eigenvalue weighted by atomic mass is 16.5. The molecule has 1 aromatic rings. The molecule has 0 bridgehead atoms. The van der Waals surface area contributed by atoms with Crippen LogP contribution < -0.4 is 15.5 Å². The molecular weight excluding hydrogens is 338 g/mol. The molecule has 1 aliphatic rings. The summed E-state index contributed by atoms with van der Waals surface area (Å²) in [6, 6.07) is -0.462. The molecule has 0 aliphatic carbocycles. The number of anilines is 2. The monoisotopic (exact) mass is 365 g/mol. The second-order valence-corrected chi connectivity index (χ2v) is 6.68. The fourth-order valence-corrected chi connectivity index (χ4v) is 2.70. The molecule has 1 aliphatic heterocycles. The van der Waals surface area contributed by atoms with Gasteiger partial charge in [-0.1, -0.05) is 6.92 Å². The minimum absolute atomic E-state index is 0.154. The first-order chi connectivity index (χ1) is 12.3. The summed E-state index contributed by atoms with van der Waals surface area (Å²) in [5, 5.41) is 15.2. The summed E-state index contributed by atoms with van der Waals surface area (Å²) in [5.74, 6) is -0.246. The van der Waals surface area contributed by atoms with Crippen LogP contribution in [0.25, 0.3) is 0 Å². The highest BCUT2D eigenvalue weighted by Crippen LogP contribution is 2.32. The summed E-state index contributed by atoms with van der Waals surface area (Å²) < 4.78 is 5.38. The quantitative estimate of drug-likeness (QED) is 0.644. The van der Waals surface area contributed by atoms with E-state index in [2.05, 4.69) is 20.6 Å². The predicted octanol–water partition coefficient (Wildman–Crippen LogP) is 0.612. The third kappa shape index (κ3) is 4.21. The van der Waals surface area contributed by atoms with Crippen molar-refractivity contribution in [2.45, 2.75) is 38.6 Å². The number of morpholine rings is 1. The number of aromatic nitrogens is 2. The average Bonchev–Trinajstić information content (AvgIpc) is 2.65. The molecule has 2 heterocycles. The topological polar surface area (TPSA) is 117 Å². The van der Waals surface area contributed by atoms with Crippen molar-refractivity contribution >= 4 is 23.6 Å². The normalized spacial score (nSPS) is 16.1. The zero-order valence-corrected chi connectivity index (χ0v) is 15.7. The third-order valence-electron chi connectivity index (χ3n) is 4.56. The Morgan fingerprint density at radius 1 is 1.38 bits per heavy atom. The van der Waals surface area contributed by atoms with Crippen molar-refractivity contribution in [3.8, 4) is 0 Å². The van der Waals surface area contributed by atoms with Gasteiger partial charge in [-0.25, -0.2) is 4.98 Å². The molecule has 2 rings (SSSR count). The largest absolute Gasteiger partial charge is 0.481 e. The summed E-state index contributed by atoms with van der Waals surface area (Å²) in [6.45, 7) is 7.48. The van der Waals surface area contributed by atoms with Crippen molar-refractivity contribution in [3.63, 3.8) is 0 Å². The number of likely N-dealkylation sites (N-methyl/N-ethyl adjacent to an activating group) is 1. The number of rotatable bonds is 7. The molecule has 0 unspecified atom stereocenters. The van der Waals surface area contributed by atoms with Gasteiger partial charge in [0.15, 0.2) is 0 Å². The zero-order chi connectivity index (χ0) is 19.3. The number of carboxylic acids is 1. The van der Waals surface area contributed by atoms with Crippen LogP contribution in [0, 0.1) is 0 Å². The lowest BCUT2D eigenvalue weighted by Gasteiger charge is -2.32. The van der Waals surface area contributed by atoms with Crippen LogP contribution in [0.5, 0.6) is 0 Å². The van der Waals surface area contributed by atoms with E-state index in [9.17, 15) is 14.7 Å². The number of carbonyl (C=O) groups excluding carboxylic acids is 1. The minimum Gasteiger partial charge on any atom is -0.481 e. The van der Waals surface area contributed by atoms with E-state index in [0.717, 1.165) is 0 Å². The van der Waals surface area contributed by atoms with Gasteiger partial charge in [0.2, 0.25) is 11.9 Å². The lowest BCUT2D eigenvalue weighted by molar-refractivity contribution is -0.142. The Bertz CT molecular complexity index is 659. The first-order valence-electron chi connectivity index (χ1n) is 8.73. The molecule has 0 saturated carbocycles. The van der Waals surface area contributed by atoms with Crippen molar-refractivity contribution < 1.29 is 19.4 Å². The van der Waals surface area contributed by atoms with E-state index in [4.69, 9.17) is 4.74 Å². The molecule has 9 nitrogen and oxygen atoms in total. The number of nitrogens with one attached hydrogen (secondary N) is 2. The van der Waals surface area contributed by atoms with Gasteiger partial charge in [-0.2, -0.15) is 4.98 Å². The van der Waals surface area contributed by atoms with Gasteiger partial charge in [-0.3, -0.25) is 9.59 Å². The Kier molecular flexibility index (Phi) is 6.36. The number of amides is 1. The second-order valence-electron chi connectivity index (χ2n) is 6.68. The Morgan fingerprint density at radius 2 is 2.04 bits per heavy atom.